The second-order valence-corrected chi connectivity index (χ2v) is 21.4. The number of carbonyl (C=O) groups is 2. The van der Waals surface area contributed by atoms with Gasteiger partial charge in [0.15, 0.2) is 0 Å². The van der Waals surface area contributed by atoms with Gasteiger partial charge < -0.3 is 20.3 Å². The molecule has 0 fully saturated rings. The highest BCUT2D eigenvalue weighted by molar-refractivity contribution is 5.76. The Morgan fingerprint density at radius 1 is 0.400 bits per heavy atom. The number of hydrogen-bond acceptors (Lipinski definition) is 5. The van der Waals surface area contributed by atoms with E-state index in [0.717, 1.165) is 64.2 Å². The summed E-state index contributed by atoms with van der Waals surface area (Å²) in [6, 6.07) is -0.641. The molecular weight excluding hydrogens is 863 g/mol. The van der Waals surface area contributed by atoms with Crippen LogP contribution in [0.25, 0.3) is 0 Å². The summed E-state index contributed by atoms with van der Waals surface area (Å²) in [4.78, 5) is 24.6. The molecule has 3 N–H and O–H groups in total. The van der Waals surface area contributed by atoms with Gasteiger partial charge in [-0.1, -0.05) is 294 Å². The molecule has 0 rings (SSSR count). The Morgan fingerprint density at radius 3 is 1.11 bits per heavy atom. The lowest BCUT2D eigenvalue weighted by Gasteiger charge is -2.20. The second kappa shape index (κ2) is 59.6. The van der Waals surface area contributed by atoms with Crippen LogP contribution in [0, 0.1) is 0 Å². The molecule has 6 nitrogen and oxygen atoms in total. The van der Waals surface area contributed by atoms with Gasteiger partial charge in [0, 0.05) is 12.8 Å². The summed E-state index contributed by atoms with van der Waals surface area (Å²) < 4.78 is 5.48. The molecule has 0 heterocycles. The van der Waals surface area contributed by atoms with Crippen molar-refractivity contribution in [2.24, 2.45) is 0 Å². The average Bonchev–Trinajstić information content (AvgIpc) is 3.36. The van der Waals surface area contributed by atoms with Crippen LogP contribution < -0.4 is 5.32 Å². The minimum atomic E-state index is -0.857. The number of ether oxygens (including phenoxy) is 1. The zero-order chi connectivity index (χ0) is 50.7. The van der Waals surface area contributed by atoms with Gasteiger partial charge in [0.05, 0.1) is 25.4 Å². The summed E-state index contributed by atoms with van der Waals surface area (Å²) in [5.74, 6) is -0.0950. The average molecular weight is 985 g/mol. The quantitative estimate of drug-likeness (QED) is 0.0321. The number of amides is 1. The van der Waals surface area contributed by atoms with Crippen LogP contribution in [0.5, 0.6) is 0 Å². The number of nitrogens with one attached hydrogen (secondary N) is 1. The van der Waals surface area contributed by atoms with Gasteiger partial charge in [-0.3, -0.25) is 9.59 Å². The van der Waals surface area contributed by atoms with Crippen LogP contribution in [0.15, 0.2) is 36.5 Å². The van der Waals surface area contributed by atoms with Gasteiger partial charge in [-0.25, -0.2) is 0 Å². The van der Waals surface area contributed by atoms with Crippen LogP contribution in [-0.4, -0.2) is 47.4 Å². The number of rotatable bonds is 58. The highest BCUT2D eigenvalue weighted by Crippen LogP contribution is 2.17. The van der Waals surface area contributed by atoms with Gasteiger partial charge in [-0.15, -0.1) is 0 Å². The fourth-order valence-corrected chi connectivity index (χ4v) is 9.61. The van der Waals surface area contributed by atoms with Crippen molar-refractivity contribution in [2.45, 2.75) is 347 Å². The number of aliphatic hydroxyl groups excluding tert-OH is 2. The maximum Gasteiger partial charge on any atom is 0.305 e. The topological polar surface area (TPSA) is 95.9 Å². The number of esters is 1. The third kappa shape index (κ3) is 55.4. The second-order valence-electron chi connectivity index (χ2n) is 21.4. The molecule has 0 bridgehead atoms. The van der Waals surface area contributed by atoms with E-state index < -0.39 is 12.1 Å². The lowest BCUT2D eigenvalue weighted by molar-refractivity contribution is -0.143. The summed E-state index contributed by atoms with van der Waals surface area (Å²) in [6.07, 6.45) is 74.6. The minimum absolute atomic E-state index is 0.0140. The Balaban J connectivity index is 3.48. The molecule has 412 valence electrons. The fraction of sp³-hybridized carbons (Fsp3) is 0.875. The largest absolute Gasteiger partial charge is 0.466 e. The molecule has 0 aliphatic carbocycles. The van der Waals surface area contributed by atoms with E-state index >= 15 is 0 Å². The Kier molecular flexibility index (Phi) is 58.0. The maximum atomic E-state index is 12.5. The molecule has 2 atom stereocenters. The molecule has 0 aromatic carbocycles. The predicted octanol–water partition coefficient (Wildman–Crippen LogP) is 19.6. The Labute approximate surface area is 436 Å². The smallest absolute Gasteiger partial charge is 0.305 e. The van der Waals surface area contributed by atoms with Crippen molar-refractivity contribution in [2.75, 3.05) is 13.2 Å². The summed E-state index contributed by atoms with van der Waals surface area (Å²) in [6.45, 7) is 4.87. The standard InChI is InChI=1S/C64H121NO5/c1-3-5-7-9-11-13-15-17-19-21-23-24-25-27-28-30-32-36-40-44-48-52-56-62(67)61(60-66)65-63(68)57-53-49-45-41-37-34-35-39-43-47-51-55-59-70-64(69)58-54-50-46-42-38-33-31-29-26-22-20-18-16-14-12-10-8-6-4-2/h12,14,18,20,52,56,61-62,66-67H,3-11,13,15-17,19,21-51,53-55,57-60H2,1-2H3,(H,65,68)/b14-12-,20-18-,56-52+. The predicted molar refractivity (Wildman–Crippen MR) is 306 cm³/mol. The van der Waals surface area contributed by atoms with Gasteiger partial charge in [0.1, 0.15) is 0 Å². The van der Waals surface area contributed by atoms with E-state index in [-0.39, 0.29) is 18.5 Å². The molecule has 0 aliphatic rings. The molecule has 0 aromatic heterocycles. The van der Waals surface area contributed by atoms with E-state index in [1.54, 1.807) is 6.08 Å². The molecule has 0 spiro atoms. The summed E-state index contributed by atoms with van der Waals surface area (Å²) in [5, 5.41) is 23.2. The molecule has 1 amide bonds. The van der Waals surface area contributed by atoms with Gasteiger partial charge in [0.25, 0.3) is 0 Å². The van der Waals surface area contributed by atoms with Crippen LogP contribution >= 0.6 is 0 Å². The highest BCUT2D eigenvalue weighted by Gasteiger charge is 2.18. The van der Waals surface area contributed by atoms with E-state index in [1.165, 1.54) is 244 Å². The first-order valence-electron chi connectivity index (χ1n) is 31.3. The summed E-state index contributed by atoms with van der Waals surface area (Å²) >= 11 is 0. The van der Waals surface area contributed by atoms with Gasteiger partial charge in [-0.05, 0) is 64.2 Å². The van der Waals surface area contributed by atoms with Crippen molar-refractivity contribution in [3.05, 3.63) is 36.5 Å². The monoisotopic (exact) mass is 984 g/mol. The summed E-state index contributed by atoms with van der Waals surface area (Å²) in [5.41, 5.74) is 0. The van der Waals surface area contributed by atoms with Crippen LogP contribution in [0.4, 0.5) is 0 Å². The molecule has 2 unspecified atom stereocenters. The molecular formula is C64H121NO5. The number of hydrogen-bond donors (Lipinski definition) is 3. The van der Waals surface area contributed by atoms with Gasteiger partial charge in [0.2, 0.25) is 5.91 Å². The van der Waals surface area contributed by atoms with Crippen LogP contribution in [0.3, 0.4) is 0 Å². The normalized spacial score (nSPS) is 12.8. The Morgan fingerprint density at radius 2 is 0.714 bits per heavy atom. The fourth-order valence-electron chi connectivity index (χ4n) is 9.61. The van der Waals surface area contributed by atoms with Crippen molar-refractivity contribution in [1.29, 1.82) is 0 Å². The number of unbranched alkanes of at least 4 members (excludes halogenated alkanes) is 43. The van der Waals surface area contributed by atoms with E-state index in [1.807, 2.05) is 6.08 Å². The van der Waals surface area contributed by atoms with Crippen LogP contribution in [0.2, 0.25) is 0 Å². The van der Waals surface area contributed by atoms with E-state index in [4.69, 9.17) is 4.74 Å². The third-order valence-electron chi connectivity index (χ3n) is 14.4. The van der Waals surface area contributed by atoms with Gasteiger partial charge in [-0.2, -0.15) is 0 Å². The van der Waals surface area contributed by atoms with E-state index in [0.29, 0.717) is 19.4 Å². The van der Waals surface area contributed by atoms with E-state index in [9.17, 15) is 19.8 Å². The van der Waals surface area contributed by atoms with Gasteiger partial charge >= 0.3 is 5.97 Å². The first-order chi connectivity index (χ1) is 34.5. The highest BCUT2D eigenvalue weighted by atomic mass is 16.5. The number of carbonyl (C=O) groups excluding carboxylic acids is 2. The van der Waals surface area contributed by atoms with Crippen molar-refractivity contribution in [3.8, 4) is 0 Å². The lowest BCUT2D eigenvalue weighted by atomic mass is 10.0. The lowest BCUT2D eigenvalue weighted by Crippen LogP contribution is -2.45. The van der Waals surface area contributed by atoms with Crippen LogP contribution in [-0.2, 0) is 14.3 Å². The number of aliphatic hydroxyl groups is 2. The number of allylic oxidation sites excluding steroid dienone is 5. The SMILES string of the molecule is CCCCC/C=C\C/C=C\CCCCCCCCCCCC(=O)OCCCCCCCCCCCCCCC(=O)NC(CO)C(O)/C=C/CCCCCCCCCCCCCCCCCCCCCC. The Bertz CT molecular complexity index is 1130. The molecule has 0 aliphatic heterocycles. The van der Waals surface area contributed by atoms with Crippen molar-refractivity contribution < 1.29 is 24.5 Å². The first kappa shape index (κ1) is 68.1. The van der Waals surface area contributed by atoms with Crippen molar-refractivity contribution in [3.63, 3.8) is 0 Å². The molecule has 0 aromatic rings. The minimum Gasteiger partial charge on any atom is -0.466 e. The maximum absolute atomic E-state index is 12.5. The first-order valence-corrected chi connectivity index (χ1v) is 31.3. The zero-order valence-electron chi connectivity index (χ0n) is 47.0. The molecule has 0 saturated carbocycles. The third-order valence-corrected chi connectivity index (χ3v) is 14.4. The van der Waals surface area contributed by atoms with Crippen molar-refractivity contribution >= 4 is 11.9 Å². The summed E-state index contributed by atoms with van der Waals surface area (Å²) in [7, 11) is 0. The Hall–Kier alpha value is -1.92. The van der Waals surface area contributed by atoms with Crippen molar-refractivity contribution in [1.82, 2.24) is 5.32 Å². The molecule has 6 heteroatoms. The molecule has 0 radical (unpaired) electrons. The zero-order valence-corrected chi connectivity index (χ0v) is 47.0. The molecule has 70 heavy (non-hydrogen) atoms. The van der Waals surface area contributed by atoms with Crippen LogP contribution in [0.1, 0.15) is 335 Å². The molecule has 0 saturated heterocycles. The van der Waals surface area contributed by atoms with E-state index in [2.05, 4.69) is 43.5 Å².